The summed E-state index contributed by atoms with van der Waals surface area (Å²) in [6, 6.07) is 13.3. The first-order valence-electron chi connectivity index (χ1n) is 8.21. The van der Waals surface area contributed by atoms with Crippen molar-refractivity contribution in [1.82, 2.24) is 14.9 Å². The van der Waals surface area contributed by atoms with Crippen molar-refractivity contribution in [2.24, 2.45) is 0 Å². The van der Waals surface area contributed by atoms with Crippen LogP contribution in [0.2, 0.25) is 0 Å². The Hall–Kier alpha value is -2.20. The largest absolute Gasteiger partial charge is 0.325 e. The van der Waals surface area contributed by atoms with Crippen LogP contribution in [0.3, 0.4) is 0 Å². The van der Waals surface area contributed by atoms with E-state index in [0.717, 1.165) is 24.1 Å². The number of rotatable bonds is 3. The number of aromatic nitrogens is 2. The molecule has 1 N–H and O–H groups in total. The molecule has 0 saturated carbocycles. The molecule has 0 spiro atoms. The molecule has 4 heteroatoms. The summed E-state index contributed by atoms with van der Waals surface area (Å²) in [5, 5.41) is 4.60. The summed E-state index contributed by atoms with van der Waals surface area (Å²) in [5.41, 5.74) is 2.91. The van der Waals surface area contributed by atoms with Crippen molar-refractivity contribution in [3.05, 3.63) is 65.7 Å². The number of hydrogen-bond donors (Lipinski definition) is 1. The fourth-order valence-corrected chi connectivity index (χ4v) is 3.51. The molecule has 0 bridgehead atoms. The zero-order valence-electron chi connectivity index (χ0n) is 13.0. The summed E-state index contributed by atoms with van der Waals surface area (Å²) in [5.74, 6) is 0.308. The number of hydrogen-bond acceptors (Lipinski definition) is 2. The fraction of sp³-hybridized carbons (Fsp3) is 0.316. The molecule has 3 nitrogen and oxygen atoms in total. The van der Waals surface area contributed by atoms with Crippen LogP contribution in [0.25, 0.3) is 11.0 Å². The first-order chi connectivity index (χ1) is 11.3. The third kappa shape index (κ3) is 2.75. The lowest BCUT2D eigenvalue weighted by Gasteiger charge is -2.24. The lowest BCUT2D eigenvalue weighted by Crippen LogP contribution is -2.29. The summed E-state index contributed by atoms with van der Waals surface area (Å²) in [6.07, 6.45) is 4.16. The van der Waals surface area contributed by atoms with Gasteiger partial charge in [0, 0.05) is 35.3 Å². The van der Waals surface area contributed by atoms with Gasteiger partial charge in [0.05, 0.1) is 6.54 Å². The van der Waals surface area contributed by atoms with E-state index in [4.69, 9.17) is 0 Å². The average Bonchev–Trinajstić information content (AvgIpc) is 2.96. The number of pyridine rings is 1. The average molecular weight is 309 g/mol. The molecule has 1 fully saturated rings. The Morgan fingerprint density at radius 1 is 1.22 bits per heavy atom. The Bertz CT molecular complexity index is 818. The van der Waals surface area contributed by atoms with Gasteiger partial charge < -0.3 is 9.88 Å². The van der Waals surface area contributed by atoms with E-state index >= 15 is 0 Å². The van der Waals surface area contributed by atoms with Crippen LogP contribution in [0.15, 0.2) is 48.7 Å². The van der Waals surface area contributed by atoms with Gasteiger partial charge in [0.1, 0.15) is 11.5 Å². The van der Waals surface area contributed by atoms with E-state index in [0.29, 0.717) is 18.0 Å². The molecule has 0 radical (unpaired) electrons. The minimum Gasteiger partial charge on any atom is -0.325 e. The molecule has 0 aliphatic carbocycles. The highest BCUT2D eigenvalue weighted by Crippen LogP contribution is 2.29. The Morgan fingerprint density at radius 2 is 2.13 bits per heavy atom. The SMILES string of the molecule is Fc1ccccc1Cn1c([C@H]2CCCNC2)cc2cccnc21. The van der Waals surface area contributed by atoms with Gasteiger partial charge in [-0.1, -0.05) is 18.2 Å². The van der Waals surface area contributed by atoms with Crippen LogP contribution in [0.5, 0.6) is 0 Å². The van der Waals surface area contributed by atoms with Crippen LogP contribution in [0.4, 0.5) is 4.39 Å². The first kappa shape index (κ1) is 14.4. The summed E-state index contributed by atoms with van der Waals surface area (Å²) in [6.45, 7) is 2.59. The van der Waals surface area contributed by atoms with E-state index < -0.39 is 0 Å². The van der Waals surface area contributed by atoms with Gasteiger partial charge in [0.15, 0.2) is 0 Å². The number of piperidine rings is 1. The summed E-state index contributed by atoms with van der Waals surface area (Å²) < 4.78 is 16.3. The van der Waals surface area contributed by atoms with Crippen molar-refractivity contribution in [3.8, 4) is 0 Å². The minimum absolute atomic E-state index is 0.155. The van der Waals surface area contributed by atoms with Crippen LogP contribution >= 0.6 is 0 Å². The molecule has 1 atom stereocenters. The van der Waals surface area contributed by atoms with Gasteiger partial charge in [-0.3, -0.25) is 0 Å². The van der Waals surface area contributed by atoms with Crippen molar-refractivity contribution >= 4 is 11.0 Å². The molecule has 2 aromatic heterocycles. The Kier molecular flexibility index (Phi) is 3.83. The molecular formula is C19H20FN3. The summed E-state index contributed by atoms with van der Waals surface area (Å²) >= 11 is 0. The molecule has 1 saturated heterocycles. The lowest BCUT2D eigenvalue weighted by atomic mass is 9.96. The second-order valence-corrected chi connectivity index (χ2v) is 6.21. The molecule has 1 aliphatic rings. The van der Waals surface area contributed by atoms with Crippen LogP contribution in [-0.2, 0) is 6.54 Å². The van der Waals surface area contributed by atoms with Crippen molar-refractivity contribution in [2.75, 3.05) is 13.1 Å². The van der Waals surface area contributed by atoms with Crippen molar-refractivity contribution in [2.45, 2.75) is 25.3 Å². The third-order valence-corrected chi connectivity index (χ3v) is 4.69. The second kappa shape index (κ2) is 6.13. The highest BCUT2D eigenvalue weighted by atomic mass is 19.1. The van der Waals surface area contributed by atoms with Crippen molar-refractivity contribution in [3.63, 3.8) is 0 Å². The minimum atomic E-state index is -0.155. The Labute approximate surface area is 135 Å². The molecule has 1 aromatic carbocycles. The monoisotopic (exact) mass is 309 g/mol. The molecule has 23 heavy (non-hydrogen) atoms. The predicted octanol–water partition coefficient (Wildman–Crippen LogP) is 3.69. The molecule has 4 rings (SSSR count). The molecule has 3 heterocycles. The maximum absolute atomic E-state index is 14.1. The number of halogens is 1. The van der Waals surface area contributed by atoms with E-state index in [1.807, 2.05) is 24.4 Å². The maximum atomic E-state index is 14.1. The molecule has 1 aliphatic heterocycles. The molecule has 3 aromatic rings. The maximum Gasteiger partial charge on any atom is 0.140 e. The summed E-state index contributed by atoms with van der Waals surface area (Å²) in [7, 11) is 0. The van der Waals surface area contributed by atoms with E-state index in [9.17, 15) is 4.39 Å². The van der Waals surface area contributed by atoms with Crippen molar-refractivity contribution in [1.29, 1.82) is 0 Å². The van der Waals surface area contributed by atoms with Gasteiger partial charge >= 0.3 is 0 Å². The smallest absolute Gasteiger partial charge is 0.140 e. The van der Waals surface area contributed by atoms with Gasteiger partial charge in [0.25, 0.3) is 0 Å². The summed E-state index contributed by atoms with van der Waals surface area (Å²) in [4.78, 5) is 4.54. The van der Waals surface area contributed by atoms with E-state index in [1.165, 1.54) is 24.6 Å². The van der Waals surface area contributed by atoms with Crippen molar-refractivity contribution < 1.29 is 4.39 Å². The highest BCUT2D eigenvalue weighted by Gasteiger charge is 2.21. The van der Waals surface area contributed by atoms with Gasteiger partial charge in [-0.05, 0) is 43.7 Å². The predicted molar refractivity (Wildman–Crippen MR) is 90.1 cm³/mol. The number of nitrogens with zero attached hydrogens (tertiary/aromatic N) is 2. The molecule has 118 valence electrons. The molecule has 0 unspecified atom stereocenters. The quantitative estimate of drug-likeness (QED) is 0.799. The van der Waals surface area contributed by atoms with Crippen LogP contribution in [0.1, 0.15) is 30.0 Å². The Morgan fingerprint density at radius 3 is 2.96 bits per heavy atom. The zero-order chi connectivity index (χ0) is 15.6. The number of nitrogens with one attached hydrogen (secondary N) is 1. The van der Waals surface area contributed by atoms with Crippen LogP contribution in [-0.4, -0.2) is 22.6 Å². The van der Waals surface area contributed by atoms with Gasteiger partial charge in [0.2, 0.25) is 0 Å². The topological polar surface area (TPSA) is 29.9 Å². The number of benzene rings is 1. The fourth-order valence-electron chi connectivity index (χ4n) is 3.51. The second-order valence-electron chi connectivity index (χ2n) is 6.21. The highest BCUT2D eigenvalue weighted by molar-refractivity contribution is 5.77. The van der Waals surface area contributed by atoms with E-state index in [-0.39, 0.29) is 5.82 Å². The molecule has 0 amide bonds. The standard InChI is InChI=1S/C19H20FN3/c20-17-8-2-1-5-16(17)13-23-18(15-7-3-9-21-12-15)11-14-6-4-10-22-19(14)23/h1-2,4-6,8,10-11,15,21H,3,7,9,12-13H2/t15-/m0/s1. The lowest BCUT2D eigenvalue weighted by molar-refractivity contribution is 0.444. The number of fused-ring (bicyclic) bond motifs is 1. The third-order valence-electron chi connectivity index (χ3n) is 4.69. The van der Waals surface area contributed by atoms with Crippen LogP contribution < -0.4 is 5.32 Å². The van der Waals surface area contributed by atoms with Gasteiger partial charge in [-0.25, -0.2) is 9.37 Å². The van der Waals surface area contributed by atoms with Crippen LogP contribution in [0, 0.1) is 5.82 Å². The first-order valence-corrected chi connectivity index (χ1v) is 8.21. The van der Waals surface area contributed by atoms with Gasteiger partial charge in [-0.2, -0.15) is 0 Å². The van der Waals surface area contributed by atoms with E-state index in [1.54, 1.807) is 6.07 Å². The molecular weight excluding hydrogens is 289 g/mol. The Balaban J connectivity index is 1.81. The van der Waals surface area contributed by atoms with E-state index in [2.05, 4.69) is 27.0 Å². The normalized spacial score (nSPS) is 18.4. The zero-order valence-corrected chi connectivity index (χ0v) is 13.0. The van der Waals surface area contributed by atoms with Gasteiger partial charge in [-0.15, -0.1) is 0 Å².